The lowest BCUT2D eigenvalue weighted by Gasteiger charge is -2.28. The van der Waals surface area contributed by atoms with E-state index in [0.29, 0.717) is 16.3 Å². The van der Waals surface area contributed by atoms with Crippen LogP contribution in [0.2, 0.25) is 0 Å². The largest absolute Gasteiger partial charge is 0.451 e. The summed E-state index contributed by atoms with van der Waals surface area (Å²) in [6.45, 7) is 5.43. The minimum Gasteiger partial charge on any atom is -0.451 e. The maximum atomic E-state index is 12.0. The first-order valence-corrected chi connectivity index (χ1v) is 9.60. The molecule has 2 heterocycles. The molecule has 1 aliphatic heterocycles. The summed E-state index contributed by atoms with van der Waals surface area (Å²) in [7, 11) is 0. The van der Waals surface area contributed by atoms with E-state index in [1.54, 1.807) is 6.92 Å². The molecule has 1 saturated heterocycles. The van der Waals surface area contributed by atoms with Gasteiger partial charge in [0.15, 0.2) is 6.61 Å². The fourth-order valence-corrected chi connectivity index (χ4v) is 3.84. The third-order valence-corrected chi connectivity index (χ3v) is 5.35. The SMILES string of the molecule is Cc1nc(C)c(C(=O)OCC(=O)Nc2ccc(N3CCCCC3)cc2)s1. The summed E-state index contributed by atoms with van der Waals surface area (Å²) in [4.78, 5) is 31.0. The van der Waals surface area contributed by atoms with Gasteiger partial charge in [-0.1, -0.05) is 0 Å². The smallest absolute Gasteiger partial charge is 0.350 e. The molecule has 2 aromatic rings. The van der Waals surface area contributed by atoms with Crippen molar-refractivity contribution >= 4 is 34.6 Å². The Balaban J connectivity index is 1.50. The highest BCUT2D eigenvalue weighted by Crippen LogP contribution is 2.22. The molecule has 0 saturated carbocycles. The lowest BCUT2D eigenvalue weighted by molar-refractivity contribution is -0.119. The monoisotopic (exact) mass is 373 g/mol. The van der Waals surface area contributed by atoms with Crippen LogP contribution < -0.4 is 10.2 Å². The topological polar surface area (TPSA) is 71.5 Å². The quantitative estimate of drug-likeness (QED) is 0.812. The number of thiazole rings is 1. The van der Waals surface area contributed by atoms with Crippen molar-refractivity contribution in [3.8, 4) is 0 Å². The molecule has 6 nitrogen and oxygen atoms in total. The van der Waals surface area contributed by atoms with Crippen LogP contribution in [0, 0.1) is 13.8 Å². The van der Waals surface area contributed by atoms with Crippen LogP contribution in [0.5, 0.6) is 0 Å². The van der Waals surface area contributed by atoms with Crippen LogP contribution >= 0.6 is 11.3 Å². The predicted molar refractivity (Wildman–Crippen MR) is 103 cm³/mol. The Labute approximate surface area is 157 Å². The Morgan fingerprint density at radius 1 is 1.15 bits per heavy atom. The second kappa shape index (κ2) is 8.31. The van der Waals surface area contributed by atoms with Crippen molar-refractivity contribution in [1.29, 1.82) is 0 Å². The van der Waals surface area contributed by atoms with Crippen LogP contribution in [-0.4, -0.2) is 36.6 Å². The zero-order valence-electron chi connectivity index (χ0n) is 15.1. The van der Waals surface area contributed by atoms with E-state index in [9.17, 15) is 9.59 Å². The van der Waals surface area contributed by atoms with Crippen LogP contribution in [0.3, 0.4) is 0 Å². The van der Waals surface area contributed by atoms with Gasteiger partial charge >= 0.3 is 5.97 Å². The van der Waals surface area contributed by atoms with Gasteiger partial charge in [0.2, 0.25) is 0 Å². The Bertz CT molecular complexity index is 780. The molecule has 7 heteroatoms. The fraction of sp³-hybridized carbons (Fsp3) is 0.421. The highest BCUT2D eigenvalue weighted by molar-refractivity contribution is 7.13. The molecule has 1 amide bonds. The number of hydrogen-bond donors (Lipinski definition) is 1. The number of rotatable bonds is 5. The van der Waals surface area contributed by atoms with Crippen molar-refractivity contribution in [2.45, 2.75) is 33.1 Å². The molecule has 3 rings (SSSR count). The molecule has 0 atom stereocenters. The number of carbonyl (C=O) groups is 2. The Kier molecular flexibility index (Phi) is 5.88. The molecule has 1 aromatic carbocycles. The van der Waals surface area contributed by atoms with E-state index in [2.05, 4.69) is 15.2 Å². The molecule has 0 radical (unpaired) electrons. The maximum absolute atomic E-state index is 12.0. The summed E-state index contributed by atoms with van der Waals surface area (Å²) in [5, 5.41) is 3.55. The summed E-state index contributed by atoms with van der Waals surface area (Å²) in [6.07, 6.45) is 3.75. The van der Waals surface area contributed by atoms with E-state index in [0.717, 1.165) is 18.1 Å². The molecule has 0 spiro atoms. The predicted octanol–water partition coefficient (Wildman–Crippen LogP) is 3.55. The number of benzene rings is 1. The zero-order valence-corrected chi connectivity index (χ0v) is 15.9. The Morgan fingerprint density at radius 2 is 1.85 bits per heavy atom. The molecule has 1 aromatic heterocycles. The van der Waals surface area contributed by atoms with Crippen molar-refractivity contribution in [2.75, 3.05) is 29.9 Å². The van der Waals surface area contributed by atoms with Gasteiger partial charge in [-0.15, -0.1) is 11.3 Å². The minimum absolute atomic E-state index is 0.316. The van der Waals surface area contributed by atoms with Gasteiger partial charge in [-0.25, -0.2) is 9.78 Å². The molecule has 1 fully saturated rings. The summed E-state index contributed by atoms with van der Waals surface area (Å²) >= 11 is 1.27. The molecule has 0 unspecified atom stereocenters. The van der Waals surface area contributed by atoms with Crippen LogP contribution in [0.1, 0.15) is 39.6 Å². The maximum Gasteiger partial charge on any atom is 0.350 e. The number of ether oxygens (including phenoxy) is 1. The van der Waals surface area contributed by atoms with Gasteiger partial charge in [-0.2, -0.15) is 0 Å². The number of esters is 1. The first kappa shape index (κ1) is 18.4. The van der Waals surface area contributed by atoms with Crippen molar-refractivity contribution in [3.05, 3.63) is 39.8 Å². The van der Waals surface area contributed by atoms with Crippen molar-refractivity contribution in [1.82, 2.24) is 4.98 Å². The van der Waals surface area contributed by atoms with E-state index in [1.165, 1.54) is 36.3 Å². The average Bonchev–Trinajstić information content (AvgIpc) is 2.99. The van der Waals surface area contributed by atoms with Crippen LogP contribution in [0.25, 0.3) is 0 Å². The number of carbonyl (C=O) groups excluding carboxylic acids is 2. The molecule has 0 aliphatic carbocycles. The summed E-state index contributed by atoms with van der Waals surface area (Å²) in [5.41, 5.74) is 2.49. The van der Waals surface area contributed by atoms with Gasteiger partial charge < -0.3 is 15.0 Å². The van der Waals surface area contributed by atoms with Gasteiger partial charge in [-0.05, 0) is 57.4 Å². The second-order valence-electron chi connectivity index (χ2n) is 6.37. The van der Waals surface area contributed by atoms with Crippen LogP contribution in [0.15, 0.2) is 24.3 Å². The Morgan fingerprint density at radius 3 is 2.46 bits per heavy atom. The summed E-state index contributed by atoms with van der Waals surface area (Å²) in [6, 6.07) is 7.77. The molecular weight excluding hydrogens is 350 g/mol. The van der Waals surface area contributed by atoms with Gasteiger partial charge in [0.25, 0.3) is 5.91 Å². The van der Waals surface area contributed by atoms with E-state index in [4.69, 9.17) is 4.74 Å². The third-order valence-electron chi connectivity index (χ3n) is 4.30. The zero-order chi connectivity index (χ0) is 18.5. The van der Waals surface area contributed by atoms with Crippen molar-refractivity contribution in [2.24, 2.45) is 0 Å². The normalized spacial score (nSPS) is 14.2. The minimum atomic E-state index is -0.510. The van der Waals surface area contributed by atoms with E-state index < -0.39 is 5.97 Å². The second-order valence-corrected chi connectivity index (χ2v) is 7.57. The first-order valence-electron chi connectivity index (χ1n) is 8.79. The third kappa shape index (κ3) is 4.60. The van der Waals surface area contributed by atoms with Gasteiger partial charge in [0.1, 0.15) is 4.88 Å². The van der Waals surface area contributed by atoms with Crippen LogP contribution in [-0.2, 0) is 9.53 Å². The van der Waals surface area contributed by atoms with E-state index in [1.807, 2.05) is 31.2 Å². The van der Waals surface area contributed by atoms with Crippen molar-refractivity contribution < 1.29 is 14.3 Å². The average molecular weight is 373 g/mol. The molecular formula is C19H23N3O3S. The molecule has 26 heavy (non-hydrogen) atoms. The highest BCUT2D eigenvalue weighted by Gasteiger charge is 2.17. The number of piperidine rings is 1. The molecule has 138 valence electrons. The number of nitrogens with one attached hydrogen (secondary N) is 1. The summed E-state index contributed by atoms with van der Waals surface area (Å²) in [5.74, 6) is -0.869. The summed E-state index contributed by atoms with van der Waals surface area (Å²) < 4.78 is 5.09. The lowest BCUT2D eigenvalue weighted by Crippen LogP contribution is -2.29. The molecule has 0 bridgehead atoms. The first-order chi connectivity index (χ1) is 12.5. The number of nitrogens with zero attached hydrogens (tertiary/aromatic N) is 2. The van der Waals surface area contributed by atoms with Crippen molar-refractivity contribution in [3.63, 3.8) is 0 Å². The number of hydrogen-bond acceptors (Lipinski definition) is 6. The number of amides is 1. The highest BCUT2D eigenvalue weighted by atomic mass is 32.1. The van der Waals surface area contributed by atoms with E-state index in [-0.39, 0.29) is 12.5 Å². The molecule has 1 aliphatic rings. The van der Waals surface area contributed by atoms with Gasteiger partial charge in [-0.3, -0.25) is 4.79 Å². The fourth-order valence-electron chi connectivity index (χ4n) is 3.02. The standard InChI is InChI=1S/C19H23N3O3S/c1-13-18(26-14(2)20-13)19(24)25-12-17(23)21-15-6-8-16(9-7-15)22-10-4-3-5-11-22/h6-9H,3-5,10-12H2,1-2H3,(H,21,23). The van der Waals surface area contributed by atoms with Crippen LogP contribution in [0.4, 0.5) is 11.4 Å². The lowest BCUT2D eigenvalue weighted by atomic mass is 10.1. The Hall–Kier alpha value is -2.41. The number of anilines is 2. The molecule has 1 N–H and O–H groups in total. The van der Waals surface area contributed by atoms with Gasteiger partial charge in [0, 0.05) is 24.5 Å². The van der Waals surface area contributed by atoms with Gasteiger partial charge in [0.05, 0.1) is 10.7 Å². The number of aryl methyl sites for hydroxylation is 2. The van der Waals surface area contributed by atoms with E-state index >= 15 is 0 Å². The number of aromatic nitrogens is 1.